The van der Waals surface area contributed by atoms with Gasteiger partial charge < -0.3 is 34.3 Å². The van der Waals surface area contributed by atoms with E-state index in [4.69, 9.17) is 18.9 Å². The van der Waals surface area contributed by atoms with Crippen molar-refractivity contribution in [3.63, 3.8) is 0 Å². The minimum Gasteiger partial charge on any atom is -0.457 e. The van der Waals surface area contributed by atoms with E-state index in [1.807, 2.05) is 0 Å². The lowest BCUT2D eigenvalue weighted by atomic mass is 9.99. The third-order valence-corrected chi connectivity index (χ3v) is 14.4. The molecule has 0 radical (unpaired) electrons. The maximum atomic E-state index is 13.0. The van der Waals surface area contributed by atoms with Crippen LogP contribution < -0.4 is 0 Å². The molecule has 0 amide bonds. The molecule has 1 heterocycles. The maximum absolute atomic E-state index is 13.0. The number of ether oxygens (including phenoxy) is 4. The summed E-state index contributed by atoms with van der Waals surface area (Å²) in [6, 6.07) is 0. The number of esters is 1. The van der Waals surface area contributed by atoms with Crippen LogP contribution in [0.15, 0.2) is 12.2 Å². The van der Waals surface area contributed by atoms with E-state index in [9.17, 15) is 33.1 Å². The van der Waals surface area contributed by atoms with Crippen molar-refractivity contribution in [2.75, 3.05) is 26.4 Å². The van der Waals surface area contributed by atoms with Crippen LogP contribution in [0.5, 0.6) is 0 Å². The number of aliphatic hydroxyl groups excluding tert-OH is 3. The van der Waals surface area contributed by atoms with Gasteiger partial charge in [0.1, 0.15) is 30.5 Å². The summed E-state index contributed by atoms with van der Waals surface area (Å²) in [5.74, 6) is -0.392. The fraction of sp³-hybridized carbons (Fsp3) is 0.947. The highest BCUT2D eigenvalue weighted by Gasteiger charge is 2.48. The quantitative estimate of drug-likeness (QED) is 0.0196. The molecule has 70 heavy (non-hydrogen) atoms. The molecular formula is C57H110O12S. The summed E-state index contributed by atoms with van der Waals surface area (Å²) in [7, 11) is -5.06. The van der Waals surface area contributed by atoms with Gasteiger partial charge in [-0.05, 0) is 38.5 Å². The molecule has 6 atom stereocenters. The van der Waals surface area contributed by atoms with Gasteiger partial charge in [-0.3, -0.25) is 9.35 Å². The molecule has 0 aliphatic carbocycles. The molecule has 13 heteroatoms. The molecule has 12 nitrogen and oxygen atoms in total. The van der Waals surface area contributed by atoms with Crippen LogP contribution in [-0.2, 0) is 38.3 Å². The minimum atomic E-state index is -5.06. The predicted molar refractivity (Wildman–Crippen MR) is 285 cm³/mol. The summed E-state index contributed by atoms with van der Waals surface area (Å²) in [4.78, 5) is 13.0. The number of carbonyl (C=O) groups excluding carboxylic acids is 1. The van der Waals surface area contributed by atoms with Crippen molar-refractivity contribution in [2.24, 2.45) is 0 Å². The van der Waals surface area contributed by atoms with Gasteiger partial charge in [0.2, 0.25) is 0 Å². The average molecular weight is 1020 g/mol. The van der Waals surface area contributed by atoms with Gasteiger partial charge in [-0.25, -0.2) is 4.18 Å². The van der Waals surface area contributed by atoms with E-state index in [2.05, 4.69) is 30.2 Å². The van der Waals surface area contributed by atoms with Crippen LogP contribution >= 0.6 is 0 Å². The van der Waals surface area contributed by atoms with Crippen LogP contribution in [0.25, 0.3) is 0 Å². The van der Waals surface area contributed by atoms with Gasteiger partial charge in [0.25, 0.3) is 0 Å². The Balaban J connectivity index is 2.26. The second-order valence-electron chi connectivity index (χ2n) is 20.6. The van der Waals surface area contributed by atoms with Crippen molar-refractivity contribution in [2.45, 2.75) is 320 Å². The van der Waals surface area contributed by atoms with Gasteiger partial charge in [-0.1, -0.05) is 251 Å². The Bertz CT molecular complexity index is 1270. The van der Waals surface area contributed by atoms with Crippen LogP contribution in [0.4, 0.5) is 0 Å². The Morgan fingerprint density at radius 2 is 0.900 bits per heavy atom. The first kappa shape index (κ1) is 66.9. The van der Waals surface area contributed by atoms with E-state index in [0.717, 1.165) is 38.5 Å². The smallest absolute Gasteiger partial charge is 0.397 e. The molecule has 0 aromatic carbocycles. The molecule has 1 rings (SSSR count). The van der Waals surface area contributed by atoms with Crippen molar-refractivity contribution in [3.05, 3.63) is 12.2 Å². The largest absolute Gasteiger partial charge is 0.457 e. The first-order valence-electron chi connectivity index (χ1n) is 29.4. The fourth-order valence-electron chi connectivity index (χ4n) is 9.44. The highest BCUT2D eigenvalue weighted by Crippen LogP contribution is 2.26. The Morgan fingerprint density at radius 1 is 0.529 bits per heavy atom. The van der Waals surface area contributed by atoms with Crippen molar-refractivity contribution in [1.29, 1.82) is 0 Å². The second-order valence-corrected chi connectivity index (χ2v) is 21.6. The van der Waals surface area contributed by atoms with Gasteiger partial charge in [0.15, 0.2) is 6.29 Å². The van der Waals surface area contributed by atoms with Crippen LogP contribution in [-0.4, -0.2) is 97.5 Å². The standard InChI is InChI=1S/C57H110O12S/c1-3-5-7-9-11-13-15-17-19-21-23-24-25-26-27-28-29-30-32-34-36-38-40-42-44-46-53(59)67-51(50-66-57-55(61)56(69-70(62,63)64)54(60)52(48-58)68-57)49-65-47-45-43-41-39-37-35-33-31-22-20-18-16-14-12-10-8-6-4-2/h18,20,51-52,54-58,60-61H,3-17,19,21-50H2,1-2H3,(H,62,63,64)/b20-18-. The van der Waals surface area contributed by atoms with Gasteiger partial charge in [0, 0.05) is 13.0 Å². The van der Waals surface area contributed by atoms with Crippen LogP contribution in [0.3, 0.4) is 0 Å². The van der Waals surface area contributed by atoms with Gasteiger partial charge in [0.05, 0.1) is 19.8 Å². The highest BCUT2D eigenvalue weighted by molar-refractivity contribution is 7.80. The number of aliphatic hydroxyl groups is 3. The van der Waals surface area contributed by atoms with E-state index < -0.39 is 59.8 Å². The molecule has 1 aliphatic heterocycles. The lowest BCUT2D eigenvalue weighted by Crippen LogP contribution is -2.60. The fourth-order valence-corrected chi connectivity index (χ4v) is 9.94. The number of carbonyl (C=O) groups is 1. The number of rotatable bonds is 53. The normalized spacial score (nSPS) is 19.1. The lowest BCUT2D eigenvalue weighted by molar-refractivity contribution is -0.301. The Morgan fingerprint density at radius 3 is 1.29 bits per heavy atom. The summed E-state index contributed by atoms with van der Waals surface area (Å²) in [5.41, 5.74) is 0. The van der Waals surface area contributed by atoms with E-state index >= 15 is 0 Å². The molecule has 0 aromatic rings. The third-order valence-electron chi connectivity index (χ3n) is 13.9. The van der Waals surface area contributed by atoms with E-state index in [0.29, 0.717) is 13.0 Å². The summed E-state index contributed by atoms with van der Waals surface area (Å²) < 4.78 is 59.4. The number of hydrogen-bond donors (Lipinski definition) is 4. The Kier molecular flexibility index (Phi) is 46.6. The molecule has 0 saturated carbocycles. The van der Waals surface area contributed by atoms with Crippen molar-refractivity contribution in [3.8, 4) is 0 Å². The Hall–Kier alpha value is -1.16. The van der Waals surface area contributed by atoms with Gasteiger partial charge >= 0.3 is 16.4 Å². The van der Waals surface area contributed by atoms with Gasteiger partial charge in [-0.2, -0.15) is 8.42 Å². The molecule has 6 unspecified atom stereocenters. The minimum absolute atomic E-state index is 0.0401. The second kappa shape index (κ2) is 48.8. The highest BCUT2D eigenvalue weighted by atomic mass is 32.3. The first-order chi connectivity index (χ1) is 34.1. The Labute approximate surface area is 429 Å². The van der Waals surface area contributed by atoms with Crippen LogP contribution in [0.1, 0.15) is 284 Å². The molecular weight excluding hydrogens is 909 g/mol. The average Bonchev–Trinajstić information content (AvgIpc) is 3.34. The molecule has 1 fully saturated rings. The molecule has 0 aromatic heterocycles. The number of unbranched alkanes of at least 4 members (excludes halogenated alkanes) is 38. The van der Waals surface area contributed by atoms with Crippen molar-refractivity contribution < 1.29 is 56.2 Å². The van der Waals surface area contributed by atoms with Gasteiger partial charge in [-0.15, -0.1) is 0 Å². The van der Waals surface area contributed by atoms with Crippen LogP contribution in [0, 0.1) is 0 Å². The molecule has 0 spiro atoms. The summed E-state index contributed by atoms with van der Waals surface area (Å²) in [6.45, 7) is 4.05. The molecule has 416 valence electrons. The van der Waals surface area contributed by atoms with E-state index in [1.165, 1.54) is 218 Å². The molecule has 1 aliphatic rings. The number of hydrogen-bond acceptors (Lipinski definition) is 11. The van der Waals surface area contributed by atoms with E-state index in [-0.39, 0.29) is 19.6 Å². The van der Waals surface area contributed by atoms with Crippen LogP contribution in [0.2, 0.25) is 0 Å². The first-order valence-corrected chi connectivity index (χ1v) is 30.8. The lowest BCUT2D eigenvalue weighted by Gasteiger charge is -2.41. The molecule has 0 bridgehead atoms. The zero-order valence-corrected chi connectivity index (χ0v) is 45.9. The zero-order valence-electron chi connectivity index (χ0n) is 45.1. The van der Waals surface area contributed by atoms with Crippen molar-refractivity contribution >= 4 is 16.4 Å². The van der Waals surface area contributed by atoms with E-state index in [1.54, 1.807) is 0 Å². The topological polar surface area (TPSA) is 178 Å². The number of allylic oxidation sites excluding steroid dienone is 2. The van der Waals surface area contributed by atoms with Crippen molar-refractivity contribution in [1.82, 2.24) is 0 Å². The molecule has 4 N–H and O–H groups in total. The zero-order chi connectivity index (χ0) is 51.0. The summed E-state index contributed by atoms with van der Waals surface area (Å²) in [6.07, 6.45) is 48.3. The third kappa shape index (κ3) is 41.2. The molecule has 1 saturated heterocycles. The maximum Gasteiger partial charge on any atom is 0.397 e. The predicted octanol–water partition coefficient (Wildman–Crippen LogP) is 14.5. The summed E-state index contributed by atoms with van der Waals surface area (Å²) >= 11 is 0. The monoisotopic (exact) mass is 1020 g/mol. The SMILES string of the molecule is CCCCCCCC/C=C\CCCCCCCCCCOCC(COC1OC(CO)C(O)C(OS(=O)(=O)O)C1O)OC(=O)CCCCCCCCCCCCCCCCCCCCCCCCCCC. The summed E-state index contributed by atoms with van der Waals surface area (Å²) in [5, 5.41) is 30.8.